The molecule has 1 aliphatic heterocycles. The highest BCUT2D eigenvalue weighted by molar-refractivity contribution is 7.92. The topological polar surface area (TPSA) is 164 Å². The molecule has 0 saturated heterocycles. The Labute approximate surface area is 301 Å². The molecule has 3 aromatic rings. The Kier molecular flexibility index (Phi) is 13.9. The zero-order chi connectivity index (χ0) is 38.9. The molecule has 0 fully saturated rings. The molecule has 52 heavy (non-hydrogen) atoms. The summed E-state index contributed by atoms with van der Waals surface area (Å²) in [5.74, 6) is -1.69. The first kappa shape index (κ1) is 41.9. The number of aliphatic hydroxyl groups excluding tert-OH is 1. The number of methoxy groups -OCH3 is 1. The molecule has 0 bridgehead atoms. The van der Waals surface area contributed by atoms with E-state index in [0.29, 0.717) is 42.9 Å². The van der Waals surface area contributed by atoms with E-state index < -0.39 is 39.4 Å². The maximum atomic E-state index is 13.3. The van der Waals surface area contributed by atoms with Crippen LogP contribution in [-0.2, 0) is 31.8 Å². The number of anilines is 2. The van der Waals surface area contributed by atoms with Crippen molar-refractivity contribution in [3.05, 3.63) is 83.4 Å². The van der Waals surface area contributed by atoms with Crippen molar-refractivity contribution in [3.63, 3.8) is 0 Å². The molecule has 12 nitrogen and oxygen atoms in total. The molecule has 1 unspecified atom stereocenters. The highest BCUT2D eigenvalue weighted by Crippen LogP contribution is 2.45. The van der Waals surface area contributed by atoms with Crippen LogP contribution in [0.15, 0.2) is 66.7 Å². The second-order valence-corrected chi connectivity index (χ2v) is 14.6. The Morgan fingerprint density at radius 1 is 1.04 bits per heavy atom. The summed E-state index contributed by atoms with van der Waals surface area (Å²) in [5, 5.41) is 21.6. The van der Waals surface area contributed by atoms with Gasteiger partial charge in [0.05, 0.1) is 30.8 Å². The summed E-state index contributed by atoms with van der Waals surface area (Å²) in [5.41, 5.74) is 2.28. The summed E-state index contributed by atoms with van der Waals surface area (Å²) in [6.07, 6.45) is -3.47. The van der Waals surface area contributed by atoms with Crippen molar-refractivity contribution in [2.24, 2.45) is 0 Å². The number of halogens is 3. The summed E-state index contributed by atoms with van der Waals surface area (Å²) >= 11 is 0. The number of nitrogens with zero attached hydrogens (tertiary/aromatic N) is 1. The fourth-order valence-corrected chi connectivity index (χ4v) is 6.03. The number of rotatable bonds is 15. The number of β-amino-alcohol motifs (C(OH)–C–C–N with tert-alkyl or cyclic N) is 1. The molecule has 0 saturated carbocycles. The second kappa shape index (κ2) is 17.3. The molecular weight excluding hydrogens is 707 g/mol. The van der Waals surface area contributed by atoms with E-state index in [2.05, 4.69) is 10.0 Å². The average molecular weight is 754 g/mol. The number of alkyl halides is 3. The first-order valence-electron chi connectivity index (χ1n) is 16.4. The lowest BCUT2D eigenvalue weighted by molar-refractivity contribution is -0.192. The van der Waals surface area contributed by atoms with E-state index in [0.717, 1.165) is 23.1 Å². The van der Waals surface area contributed by atoms with Crippen molar-refractivity contribution in [3.8, 4) is 11.5 Å². The lowest BCUT2D eigenvalue weighted by Crippen LogP contribution is -2.49. The number of sulfonamides is 1. The molecule has 16 heteroatoms. The number of aliphatic hydroxyl groups is 1. The van der Waals surface area contributed by atoms with E-state index in [9.17, 15) is 31.5 Å². The molecule has 0 aromatic heterocycles. The number of hydrogen-bond acceptors (Lipinski definition) is 9. The SMILES string of the molecule is CCC1(CC)OC(=O)N(CCC(C)(C)NCC(O)c2ccc(OCc3ccccc3)c(NS(C)(=O)=O)c2)c2ccc(OC)cc21.O=C(O)C(F)(F)F. The average Bonchev–Trinajstić information content (AvgIpc) is 3.08. The van der Waals surface area contributed by atoms with Gasteiger partial charge < -0.3 is 29.7 Å². The van der Waals surface area contributed by atoms with E-state index >= 15 is 0 Å². The van der Waals surface area contributed by atoms with Gasteiger partial charge >= 0.3 is 18.2 Å². The first-order valence-corrected chi connectivity index (χ1v) is 18.3. The molecule has 3 aromatic carbocycles. The van der Waals surface area contributed by atoms with Gasteiger partial charge in [0.25, 0.3) is 0 Å². The first-order chi connectivity index (χ1) is 24.2. The van der Waals surface area contributed by atoms with E-state index in [1.807, 2.05) is 76.2 Å². The number of nitrogens with one attached hydrogen (secondary N) is 2. The van der Waals surface area contributed by atoms with Crippen LogP contribution >= 0.6 is 0 Å². The summed E-state index contributed by atoms with van der Waals surface area (Å²) in [6.45, 7) is 8.89. The van der Waals surface area contributed by atoms with Gasteiger partial charge in [-0.05, 0) is 74.6 Å². The third kappa shape index (κ3) is 11.5. The van der Waals surface area contributed by atoms with Crippen molar-refractivity contribution in [1.82, 2.24) is 5.32 Å². The van der Waals surface area contributed by atoms with Crippen LogP contribution in [0.5, 0.6) is 11.5 Å². The van der Waals surface area contributed by atoms with Gasteiger partial charge in [-0.3, -0.25) is 9.62 Å². The maximum absolute atomic E-state index is 13.3. The number of hydrogen-bond donors (Lipinski definition) is 4. The van der Waals surface area contributed by atoms with Crippen molar-refractivity contribution < 1.29 is 55.6 Å². The van der Waals surface area contributed by atoms with Crippen LogP contribution in [0.3, 0.4) is 0 Å². The molecule has 0 spiro atoms. The Bertz CT molecular complexity index is 1780. The summed E-state index contributed by atoms with van der Waals surface area (Å²) in [7, 11) is -1.98. The maximum Gasteiger partial charge on any atom is 0.490 e. The van der Waals surface area contributed by atoms with Gasteiger partial charge in [0.15, 0.2) is 0 Å². The number of benzene rings is 3. The van der Waals surface area contributed by atoms with E-state index in [-0.39, 0.29) is 24.9 Å². The molecule has 1 aliphatic rings. The lowest BCUT2D eigenvalue weighted by Gasteiger charge is -2.42. The van der Waals surface area contributed by atoms with Gasteiger partial charge in [0.1, 0.15) is 23.7 Å². The van der Waals surface area contributed by atoms with Crippen LogP contribution in [0.1, 0.15) is 69.8 Å². The minimum atomic E-state index is -5.08. The highest BCUT2D eigenvalue weighted by Gasteiger charge is 2.43. The number of carboxylic acid groups (broad SMARTS) is 1. The number of carbonyl (C=O) groups is 2. The van der Waals surface area contributed by atoms with Gasteiger partial charge in [-0.25, -0.2) is 18.0 Å². The van der Waals surface area contributed by atoms with Crippen LogP contribution in [0.2, 0.25) is 0 Å². The number of carboxylic acids is 1. The van der Waals surface area contributed by atoms with Gasteiger partial charge in [-0.15, -0.1) is 0 Å². The zero-order valence-corrected chi connectivity index (χ0v) is 30.7. The molecule has 1 amide bonds. The van der Waals surface area contributed by atoms with Crippen molar-refractivity contribution in [2.45, 2.75) is 77.0 Å². The van der Waals surface area contributed by atoms with Gasteiger partial charge in [-0.2, -0.15) is 13.2 Å². The van der Waals surface area contributed by atoms with Crippen LogP contribution in [0.25, 0.3) is 0 Å². The third-order valence-electron chi connectivity index (χ3n) is 8.53. The Hall–Kier alpha value is -4.54. The number of cyclic esters (lactones) is 1. The Morgan fingerprint density at radius 3 is 2.23 bits per heavy atom. The van der Waals surface area contributed by atoms with Gasteiger partial charge in [0, 0.05) is 24.2 Å². The summed E-state index contributed by atoms with van der Waals surface area (Å²) < 4.78 is 75.8. The quantitative estimate of drug-likeness (QED) is 0.131. The predicted octanol–water partition coefficient (Wildman–Crippen LogP) is 6.74. The van der Waals surface area contributed by atoms with E-state index in [1.165, 1.54) is 0 Å². The fourth-order valence-electron chi connectivity index (χ4n) is 5.47. The number of amides is 1. The Balaban J connectivity index is 0.000000944. The van der Waals surface area contributed by atoms with E-state index in [4.69, 9.17) is 24.1 Å². The third-order valence-corrected chi connectivity index (χ3v) is 9.12. The number of fused-ring (bicyclic) bond motifs is 1. The fraction of sp³-hybridized carbons (Fsp3) is 0.444. The molecule has 4 N–H and O–H groups in total. The smallest absolute Gasteiger partial charge is 0.490 e. The van der Waals surface area contributed by atoms with Crippen molar-refractivity contribution in [2.75, 3.05) is 36.1 Å². The lowest BCUT2D eigenvalue weighted by atomic mass is 9.85. The monoisotopic (exact) mass is 753 g/mol. The number of carbonyl (C=O) groups excluding carboxylic acids is 1. The highest BCUT2D eigenvalue weighted by atomic mass is 32.2. The molecule has 0 aliphatic carbocycles. The van der Waals surface area contributed by atoms with Crippen LogP contribution in [0.4, 0.5) is 29.3 Å². The minimum Gasteiger partial charge on any atom is -0.497 e. The number of aliphatic carboxylic acids is 1. The molecule has 1 atom stereocenters. The van der Waals surface area contributed by atoms with Crippen LogP contribution in [0, 0.1) is 0 Å². The molecule has 286 valence electrons. The standard InChI is InChI=1S/C34H45N3O7S.C2HF3O2/c1-7-34(8-2)27-21-26(42-5)15-16-29(27)37(32(39)44-34)19-18-33(3,4)35-22-30(38)25-14-17-31(28(20-25)36-45(6,40)41)43-23-24-12-10-9-11-13-24;3-2(4,5)1(6)7/h9-17,20-21,30,35-36,38H,7-8,18-19,22-23H2,1-6H3;(H,6,7). The predicted molar refractivity (Wildman–Crippen MR) is 190 cm³/mol. The van der Waals surface area contributed by atoms with Gasteiger partial charge in [-0.1, -0.05) is 50.2 Å². The van der Waals surface area contributed by atoms with Crippen molar-refractivity contribution >= 4 is 33.5 Å². The van der Waals surface area contributed by atoms with Crippen LogP contribution < -0.4 is 24.4 Å². The molecule has 1 heterocycles. The number of ether oxygens (including phenoxy) is 3. The van der Waals surface area contributed by atoms with Crippen molar-refractivity contribution in [1.29, 1.82) is 0 Å². The van der Waals surface area contributed by atoms with Crippen LogP contribution in [-0.4, -0.2) is 68.9 Å². The second-order valence-electron chi connectivity index (χ2n) is 12.8. The largest absolute Gasteiger partial charge is 0.497 e. The molecule has 4 rings (SSSR count). The molecule has 0 radical (unpaired) electrons. The molecular formula is C36H46F3N3O9S. The normalized spacial score (nSPS) is 14.7. The Morgan fingerprint density at radius 2 is 1.67 bits per heavy atom. The van der Waals surface area contributed by atoms with E-state index in [1.54, 1.807) is 30.2 Å². The van der Waals surface area contributed by atoms with Gasteiger partial charge in [0.2, 0.25) is 10.0 Å². The summed E-state index contributed by atoms with van der Waals surface area (Å²) in [6, 6.07) is 20.2. The summed E-state index contributed by atoms with van der Waals surface area (Å²) in [4.78, 5) is 23.8. The zero-order valence-electron chi connectivity index (χ0n) is 29.9. The minimum absolute atomic E-state index is 0.197.